The van der Waals surface area contributed by atoms with E-state index >= 15 is 0 Å². The minimum absolute atomic E-state index is 0.526. The van der Waals surface area contributed by atoms with Gasteiger partial charge in [-0.05, 0) is 45.0 Å². The van der Waals surface area contributed by atoms with Crippen LogP contribution in [0, 0.1) is 0 Å². The molecule has 1 aliphatic heterocycles. The molecule has 0 aliphatic carbocycles. The van der Waals surface area contributed by atoms with Crippen LogP contribution in [0.3, 0.4) is 0 Å². The lowest BCUT2D eigenvalue weighted by molar-refractivity contribution is 0.242. The van der Waals surface area contributed by atoms with Gasteiger partial charge < -0.3 is 15.0 Å². The van der Waals surface area contributed by atoms with Gasteiger partial charge >= 0.3 is 0 Å². The Morgan fingerprint density at radius 2 is 2.24 bits per heavy atom. The number of ether oxygens (including phenoxy) is 1. The maximum Gasteiger partial charge on any atom is 0.122 e. The van der Waals surface area contributed by atoms with Crippen molar-refractivity contribution in [3.8, 4) is 5.75 Å². The summed E-state index contributed by atoms with van der Waals surface area (Å²) < 4.78 is 5.45. The van der Waals surface area contributed by atoms with Gasteiger partial charge in [0.2, 0.25) is 0 Å². The Morgan fingerprint density at radius 3 is 2.95 bits per heavy atom. The molecule has 4 heteroatoms. The molecule has 2 unspecified atom stereocenters. The molecule has 2 atom stereocenters. The minimum Gasteiger partial charge on any atom is -0.496 e. The van der Waals surface area contributed by atoms with Crippen LogP contribution in [-0.4, -0.2) is 55.7 Å². The summed E-state index contributed by atoms with van der Waals surface area (Å²) in [5, 5.41) is 3.61. The lowest BCUT2D eigenvalue weighted by Gasteiger charge is -2.29. The number of methoxy groups -OCH3 is 1. The van der Waals surface area contributed by atoms with Crippen molar-refractivity contribution in [2.45, 2.75) is 31.8 Å². The van der Waals surface area contributed by atoms with E-state index in [2.05, 4.69) is 48.1 Å². The van der Waals surface area contributed by atoms with E-state index in [1.54, 1.807) is 7.11 Å². The van der Waals surface area contributed by atoms with Gasteiger partial charge in [0.25, 0.3) is 0 Å². The molecule has 3 nitrogen and oxygen atoms in total. The van der Waals surface area contributed by atoms with Crippen molar-refractivity contribution >= 4 is 11.8 Å². The van der Waals surface area contributed by atoms with Gasteiger partial charge in [0.1, 0.15) is 5.75 Å². The highest BCUT2D eigenvalue weighted by atomic mass is 32.2. The molecule has 1 saturated heterocycles. The molecule has 1 aromatic carbocycles. The Balaban J connectivity index is 1.80. The molecule has 0 aromatic heterocycles. The topological polar surface area (TPSA) is 24.5 Å². The van der Waals surface area contributed by atoms with Crippen LogP contribution in [0.5, 0.6) is 5.75 Å². The van der Waals surface area contributed by atoms with E-state index in [9.17, 15) is 0 Å². The predicted molar refractivity (Wildman–Crippen MR) is 92.5 cm³/mol. The summed E-state index contributed by atoms with van der Waals surface area (Å²) in [5.41, 5.74) is 1.30. The van der Waals surface area contributed by atoms with Crippen LogP contribution < -0.4 is 10.1 Å². The van der Waals surface area contributed by atoms with Crippen molar-refractivity contribution < 1.29 is 4.74 Å². The average molecular weight is 308 g/mol. The normalized spacial score (nSPS) is 20.5. The molecule has 1 aromatic rings. The van der Waals surface area contributed by atoms with E-state index in [1.165, 1.54) is 23.5 Å². The first-order valence-corrected chi connectivity index (χ1v) is 8.99. The van der Waals surface area contributed by atoms with Gasteiger partial charge in [-0.2, -0.15) is 11.8 Å². The minimum atomic E-state index is 0.526. The molecule has 1 heterocycles. The van der Waals surface area contributed by atoms with Crippen molar-refractivity contribution in [1.29, 1.82) is 0 Å². The van der Waals surface area contributed by atoms with Crippen molar-refractivity contribution in [2.24, 2.45) is 0 Å². The Kier molecular flexibility index (Phi) is 6.87. The summed E-state index contributed by atoms with van der Waals surface area (Å²) in [6.07, 6.45) is 2.27. The molecule has 0 spiro atoms. The highest BCUT2D eigenvalue weighted by molar-refractivity contribution is 7.99. The van der Waals surface area contributed by atoms with Gasteiger partial charge in [-0.3, -0.25) is 0 Å². The standard InChI is InChI=1S/C17H28N2OS/c1-14(12-15-6-4-5-7-17(15)20-3)19(2)10-8-16-13-21-11-9-18-16/h4-7,14,16,18H,8-13H2,1-3H3. The predicted octanol–water partition coefficient (Wildman–Crippen LogP) is 2.65. The second kappa shape index (κ2) is 8.66. The van der Waals surface area contributed by atoms with Crippen molar-refractivity contribution in [1.82, 2.24) is 10.2 Å². The molecule has 21 heavy (non-hydrogen) atoms. The Hall–Kier alpha value is -0.710. The molecule has 1 aliphatic rings. The first-order valence-electron chi connectivity index (χ1n) is 7.84. The summed E-state index contributed by atoms with van der Waals surface area (Å²) in [5.74, 6) is 3.52. The van der Waals surface area contributed by atoms with E-state index in [-0.39, 0.29) is 0 Å². The van der Waals surface area contributed by atoms with Crippen molar-refractivity contribution in [2.75, 3.05) is 38.8 Å². The lowest BCUT2D eigenvalue weighted by atomic mass is 10.0. The van der Waals surface area contributed by atoms with E-state index in [1.807, 2.05) is 12.1 Å². The number of nitrogens with zero attached hydrogens (tertiary/aromatic N) is 1. The van der Waals surface area contributed by atoms with Gasteiger partial charge in [0.15, 0.2) is 0 Å². The van der Waals surface area contributed by atoms with Gasteiger partial charge in [0, 0.05) is 30.1 Å². The summed E-state index contributed by atoms with van der Waals surface area (Å²) >= 11 is 2.07. The van der Waals surface area contributed by atoms with Crippen LogP contribution in [0.15, 0.2) is 24.3 Å². The molecular formula is C17H28N2OS. The van der Waals surface area contributed by atoms with Crippen LogP contribution in [0.4, 0.5) is 0 Å². The molecule has 0 radical (unpaired) electrons. The first kappa shape index (κ1) is 16.7. The molecule has 0 saturated carbocycles. The van der Waals surface area contributed by atoms with E-state index in [0.29, 0.717) is 12.1 Å². The SMILES string of the molecule is COc1ccccc1CC(C)N(C)CCC1CSCCN1. The molecule has 1 fully saturated rings. The molecule has 0 amide bonds. The number of rotatable bonds is 7. The summed E-state index contributed by atoms with van der Waals surface area (Å²) in [4.78, 5) is 2.47. The Labute approximate surface area is 133 Å². The number of hydrogen-bond donors (Lipinski definition) is 1. The number of benzene rings is 1. The van der Waals surface area contributed by atoms with Crippen molar-refractivity contribution in [3.05, 3.63) is 29.8 Å². The number of hydrogen-bond acceptors (Lipinski definition) is 4. The first-order chi connectivity index (χ1) is 10.2. The second-order valence-electron chi connectivity index (χ2n) is 5.86. The quantitative estimate of drug-likeness (QED) is 0.837. The molecule has 1 N–H and O–H groups in total. The zero-order chi connectivity index (χ0) is 15.1. The smallest absolute Gasteiger partial charge is 0.122 e. The van der Waals surface area contributed by atoms with E-state index in [4.69, 9.17) is 4.74 Å². The number of para-hydroxylation sites is 1. The van der Waals surface area contributed by atoms with E-state index < -0.39 is 0 Å². The molecule has 0 bridgehead atoms. The lowest BCUT2D eigenvalue weighted by Crippen LogP contribution is -2.41. The molecule has 2 rings (SSSR count). The third kappa shape index (κ3) is 5.20. The van der Waals surface area contributed by atoms with Crippen molar-refractivity contribution in [3.63, 3.8) is 0 Å². The highest BCUT2D eigenvalue weighted by Gasteiger charge is 2.16. The number of likely N-dealkylation sites (N-methyl/N-ethyl adjacent to an activating group) is 1. The van der Waals surface area contributed by atoms with Gasteiger partial charge in [-0.1, -0.05) is 18.2 Å². The van der Waals surface area contributed by atoms with Crippen LogP contribution in [0.2, 0.25) is 0 Å². The van der Waals surface area contributed by atoms with Crippen LogP contribution in [0.1, 0.15) is 18.9 Å². The van der Waals surface area contributed by atoms with Gasteiger partial charge in [-0.25, -0.2) is 0 Å². The highest BCUT2D eigenvalue weighted by Crippen LogP contribution is 2.20. The van der Waals surface area contributed by atoms with Gasteiger partial charge in [0.05, 0.1) is 7.11 Å². The fourth-order valence-corrected chi connectivity index (χ4v) is 3.73. The van der Waals surface area contributed by atoms with Gasteiger partial charge in [-0.15, -0.1) is 0 Å². The summed E-state index contributed by atoms with van der Waals surface area (Å²) in [6, 6.07) is 9.55. The fourth-order valence-electron chi connectivity index (χ4n) is 2.73. The monoisotopic (exact) mass is 308 g/mol. The van der Waals surface area contributed by atoms with Crippen LogP contribution in [-0.2, 0) is 6.42 Å². The summed E-state index contributed by atoms with van der Waals surface area (Å²) in [6.45, 7) is 4.61. The second-order valence-corrected chi connectivity index (χ2v) is 7.01. The maximum atomic E-state index is 5.45. The zero-order valence-corrected chi connectivity index (χ0v) is 14.3. The maximum absolute atomic E-state index is 5.45. The average Bonchev–Trinajstić information content (AvgIpc) is 2.54. The van der Waals surface area contributed by atoms with E-state index in [0.717, 1.165) is 25.3 Å². The van der Waals surface area contributed by atoms with Crippen LogP contribution in [0.25, 0.3) is 0 Å². The Morgan fingerprint density at radius 1 is 1.43 bits per heavy atom. The third-order valence-corrected chi connectivity index (χ3v) is 5.42. The largest absolute Gasteiger partial charge is 0.496 e. The molecular weight excluding hydrogens is 280 g/mol. The number of nitrogens with one attached hydrogen (secondary N) is 1. The zero-order valence-electron chi connectivity index (χ0n) is 13.5. The summed E-state index contributed by atoms with van der Waals surface area (Å²) in [7, 11) is 3.98. The fraction of sp³-hybridized carbons (Fsp3) is 0.647. The Bertz CT molecular complexity index is 421. The number of thioether (sulfide) groups is 1. The molecule has 118 valence electrons. The van der Waals surface area contributed by atoms with Crippen LogP contribution >= 0.6 is 11.8 Å². The third-order valence-electron chi connectivity index (χ3n) is 4.29.